The lowest BCUT2D eigenvalue weighted by atomic mass is 10.1. The largest absolute Gasteiger partial charge is 0.350 e. The van der Waals surface area contributed by atoms with Crippen molar-refractivity contribution in [3.63, 3.8) is 0 Å². The molecule has 0 saturated carbocycles. The number of hydrogen-bond donors (Lipinski definition) is 1. The molecule has 0 unspecified atom stereocenters. The summed E-state index contributed by atoms with van der Waals surface area (Å²) >= 11 is 0. The van der Waals surface area contributed by atoms with E-state index in [-0.39, 0.29) is 6.54 Å². The van der Waals surface area contributed by atoms with Crippen LogP contribution in [0.25, 0.3) is 0 Å². The van der Waals surface area contributed by atoms with Crippen LogP contribution in [0.15, 0.2) is 36.4 Å². The first-order chi connectivity index (χ1) is 11.8. The van der Waals surface area contributed by atoms with E-state index in [4.69, 9.17) is 0 Å². The van der Waals surface area contributed by atoms with Crippen molar-refractivity contribution in [2.75, 3.05) is 11.4 Å². The molecule has 0 spiro atoms. The molecule has 0 radical (unpaired) electrons. The molecule has 1 N–H and O–H groups in total. The summed E-state index contributed by atoms with van der Waals surface area (Å²) in [5, 5.41) is 2.60. The summed E-state index contributed by atoms with van der Waals surface area (Å²) in [7, 11) is 0. The van der Waals surface area contributed by atoms with Gasteiger partial charge in [-0.3, -0.25) is 9.59 Å². The van der Waals surface area contributed by atoms with E-state index >= 15 is 0 Å². The number of halogens is 3. The van der Waals surface area contributed by atoms with Crippen molar-refractivity contribution >= 4 is 17.5 Å². The highest BCUT2D eigenvalue weighted by atomic mass is 19.2. The Hall–Kier alpha value is -2.83. The average Bonchev–Trinajstić information content (AvgIpc) is 2.57. The predicted octanol–water partition coefficient (Wildman–Crippen LogP) is 3.08. The van der Waals surface area contributed by atoms with Crippen LogP contribution < -0.4 is 10.2 Å². The third-order valence-electron chi connectivity index (χ3n) is 3.60. The molecule has 0 bridgehead atoms. The normalized spacial score (nSPS) is 10.4. The molecule has 2 rings (SSSR count). The summed E-state index contributed by atoms with van der Waals surface area (Å²) in [5.74, 6) is -5.80. The minimum atomic E-state index is -1.69. The lowest BCUT2D eigenvalue weighted by Gasteiger charge is -2.21. The van der Waals surface area contributed by atoms with Crippen LogP contribution in [0.1, 0.15) is 18.1 Å². The van der Waals surface area contributed by atoms with Gasteiger partial charge in [-0.25, -0.2) is 13.2 Å². The van der Waals surface area contributed by atoms with Crippen LogP contribution in [-0.4, -0.2) is 18.4 Å². The summed E-state index contributed by atoms with van der Waals surface area (Å²) in [5.41, 5.74) is 1.44. The van der Waals surface area contributed by atoms with E-state index in [1.165, 1.54) is 0 Å². The second-order valence-electron chi connectivity index (χ2n) is 5.56. The molecule has 2 amide bonds. The van der Waals surface area contributed by atoms with Crippen molar-refractivity contribution in [1.29, 1.82) is 0 Å². The van der Waals surface area contributed by atoms with Gasteiger partial charge in [0.05, 0.1) is 5.69 Å². The molecule has 0 fully saturated rings. The molecule has 0 aromatic heterocycles. The van der Waals surface area contributed by atoms with Crippen LogP contribution in [0.2, 0.25) is 0 Å². The van der Waals surface area contributed by atoms with Crippen molar-refractivity contribution in [2.45, 2.75) is 20.4 Å². The standard InChI is InChI=1S/C18H17F3N2O2/c1-11-3-5-13(6-4-11)9-22-16(25)10-23(12(2)24)15-8-7-14(19)17(20)18(15)21/h3-8H,9-10H2,1-2H3,(H,22,25). The first-order valence-corrected chi connectivity index (χ1v) is 7.53. The highest BCUT2D eigenvalue weighted by molar-refractivity contribution is 5.97. The van der Waals surface area contributed by atoms with Crippen LogP contribution in [0.3, 0.4) is 0 Å². The number of benzene rings is 2. The average molecular weight is 350 g/mol. The molecule has 132 valence electrons. The molecule has 0 aliphatic heterocycles. The Kier molecular flexibility index (Phi) is 5.80. The van der Waals surface area contributed by atoms with Crippen LogP contribution in [-0.2, 0) is 16.1 Å². The summed E-state index contributed by atoms with van der Waals surface area (Å²) in [6, 6.07) is 9.08. The molecule has 4 nitrogen and oxygen atoms in total. The fourth-order valence-electron chi connectivity index (χ4n) is 2.20. The van der Waals surface area contributed by atoms with Crippen LogP contribution in [0.4, 0.5) is 18.9 Å². The van der Waals surface area contributed by atoms with E-state index in [1.807, 2.05) is 31.2 Å². The van der Waals surface area contributed by atoms with Gasteiger partial charge in [-0.2, -0.15) is 0 Å². The van der Waals surface area contributed by atoms with E-state index in [0.717, 1.165) is 29.0 Å². The Morgan fingerprint density at radius 1 is 1.00 bits per heavy atom. The number of nitrogens with one attached hydrogen (secondary N) is 1. The van der Waals surface area contributed by atoms with E-state index in [0.29, 0.717) is 6.07 Å². The Bertz CT molecular complexity index is 792. The zero-order valence-electron chi connectivity index (χ0n) is 13.8. The van der Waals surface area contributed by atoms with E-state index < -0.39 is 41.5 Å². The molecule has 0 atom stereocenters. The van der Waals surface area contributed by atoms with Crippen molar-refractivity contribution in [3.05, 3.63) is 65.0 Å². The highest BCUT2D eigenvalue weighted by Crippen LogP contribution is 2.23. The predicted molar refractivity (Wildman–Crippen MR) is 87.4 cm³/mol. The third-order valence-corrected chi connectivity index (χ3v) is 3.60. The Morgan fingerprint density at radius 3 is 2.24 bits per heavy atom. The number of anilines is 1. The molecule has 7 heteroatoms. The summed E-state index contributed by atoms with van der Waals surface area (Å²) in [6.45, 7) is 2.76. The minimum absolute atomic E-state index is 0.227. The molecule has 2 aromatic carbocycles. The van der Waals surface area contributed by atoms with Gasteiger partial charge >= 0.3 is 0 Å². The van der Waals surface area contributed by atoms with Gasteiger partial charge in [0.15, 0.2) is 17.5 Å². The van der Waals surface area contributed by atoms with E-state index in [1.54, 1.807) is 0 Å². The maximum absolute atomic E-state index is 13.9. The molecule has 0 aliphatic carbocycles. The second-order valence-corrected chi connectivity index (χ2v) is 5.56. The van der Waals surface area contributed by atoms with Gasteiger partial charge < -0.3 is 10.2 Å². The number of carbonyl (C=O) groups excluding carboxylic acids is 2. The Morgan fingerprint density at radius 2 is 1.64 bits per heavy atom. The van der Waals surface area contributed by atoms with E-state index in [2.05, 4.69) is 5.32 Å². The third kappa shape index (κ3) is 4.59. The molecular formula is C18H17F3N2O2. The van der Waals surface area contributed by atoms with Gasteiger partial charge in [0.1, 0.15) is 6.54 Å². The smallest absolute Gasteiger partial charge is 0.240 e. The summed E-state index contributed by atoms with van der Waals surface area (Å²) < 4.78 is 40.3. The quantitative estimate of drug-likeness (QED) is 0.843. The maximum Gasteiger partial charge on any atom is 0.240 e. The number of aryl methyl sites for hydroxylation is 1. The zero-order valence-corrected chi connectivity index (χ0v) is 13.8. The van der Waals surface area contributed by atoms with Gasteiger partial charge in [0, 0.05) is 13.5 Å². The molecule has 0 heterocycles. The van der Waals surface area contributed by atoms with Crippen molar-refractivity contribution < 1.29 is 22.8 Å². The number of rotatable bonds is 5. The molecule has 25 heavy (non-hydrogen) atoms. The minimum Gasteiger partial charge on any atom is -0.350 e. The van der Waals surface area contributed by atoms with Gasteiger partial charge in [-0.15, -0.1) is 0 Å². The summed E-state index contributed by atoms with van der Waals surface area (Å²) in [6.07, 6.45) is 0. The number of carbonyl (C=O) groups is 2. The number of nitrogens with zero attached hydrogens (tertiary/aromatic N) is 1. The van der Waals surface area contributed by atoms with Gasteiger partial charge in [0.25, 0.3) is 0 Å². The summed E-state index contributed by atoms with van der Waals surface area (Å²) in [4.78, 5) is 24.5. The number of amides is 2. The number of hydrogen-bond acceptors (Lipinski definition) is 2. The van der Waals surface area contributed by atoms with E-state index in [9.17, 15) is 22.8 Å². The van der Waals surface area contributed by atoms with Crippen LogP contribution in [0.5, 0.6) is 0 Å². The second kappa shape index (κ2) is 7.83. The monoisotopic (exact) mass is 350 g/mol. The van der Waals surface area contributed by atoms with Crippen LogP contribution >= 0.6 is 0 Å². The maximum atomic E-state index is 13.9. The lowest BCUT2D eigenvalue weighted by Crippen LogP contribution is -2.40. The van der Waals surface area contributed by atoms with Crippen molar-refractivity contribution in [2.24, 2.45) is 0 Å². The first-order valence-electron chi connectivity index (χ1n) is 7.53. The molecular weight excluding hydrogens is 333 g/mol. The first kappa shape index (κ1) is 18.5. The Balaban J connectivity index is 2.08. The topological polar surface area (TPSA) is 49.4 Å². The van der Waals surface area contributed by atoms with Gasteiger partial charge in [-0.1, -0.05) is 29.8 Å². The van der Waals surface area contributed by atoms with Gasteiger partial charge in [0.2, 0.25) is 11.8 Å². The fraction of sp³-hybridized carbons (Fsp3) is 0.222. The molecule has 2 aromatic rings. The zero-order chi connectivity index (χ0) is 18.6. The highest BCUT2D eigenvalue weighted by Gasteiger charge is 2.23. The van der Waals surface area contributed by atoms with Gasteiger partial charge in [-0.05, 0) is 24.6 Å². The fourth-order valence-corrected chi connectivity index (χ4v) is 2.20. The Labute approximate surface area is 143 Å². The van der Waals surface area contributed by atoms with Crippen molar-refractivity contribution in [1.82, 2.24) is 5.32 Å². The van der Waals surface area contributed by atoms with Crippen molar-refractivity contribution in [3.8, 4) is 0 Å². The molecule has 0 saturated heterocycles. The SMILES string of the molecule is CC(=O)N(CC(=O)NCc1ccc(C)cc1)c1ccc(F)c(F)c1F. The lowest BCUT2D eigenvalue weighted by molar-refractivity contribution is -0.123. The molecule has 0 aliphatic rings. The van der Waals surface area contributed by atoms with Crippen LogP contribution in [0, 0.1) is 24.4 Å².